The van der Waals surface area contributed by atoms with Crippen molar-refractivity contribution in [1.29, 1.82) is 0 Å². The Morgan fingerprint density at radius 3 is 0.196 bits per heavy atom. The summed E-state index contributed by atoms with van der Waals surface area (Å²) < 4.78 is 14.4. The summed E-state index contributed by atoms with van der Waals surface area (Å²) in [5.74, 6) is 0. The van der Waals surface area contributed by atoms with Crippen LogP contribution in [0.3, 0.4) is 0 Å². The van der Waals surface area contributed by atoms with Gasteiger partial charge in [0, 0.05) is 31.7 Å². The van der Waals surface area contributed by atoms with E-state index in [0.717, 1.165) is 0 Å². The molecule has 0 saturated carbocycles. The van der Waals surface area contributed by atoms with Crippen LogP contribution in [0, 0.1) is 0 Å². The summed E-state index contributed by atoms with van der Waals surface area (Å²) in [6, 6.07) is 121. The molecule has 0 spiro atoms. The van der Waals surface area contributed by atoms with Gasteiger partial charge in [-0.05, 0) is 77.0 Å². The van der Waals surface area contributed by atoms with Crippen LogP contribution in [-0.4, -0.2) is 334 Å². The molecule has 0 aliphatic heterocycles. The summed E-state index contributed by atoms with van der Waals surface area (Å²) >= 11 is 34.8. The molecule has 12 rings (SSSR count). The SMILES string of the molecule is CCC[PH+](CCC)CCC.CCC[PH+](CCC)CCC.CCC[PH+](CCC)CCC.CCC[PH+](CCC)CCC.[Cd+2].[Cd+2].[Cd+2].[Cd+2].[Cd+2].[Cd+2].[Cd+2].[Cd+2].[Cd+2].[Cd+2].[Se-2].[Se-2].[Se-2].[Se-2].[Se-]c1ccccc1.[Se-]c1ccccc1.[Se-]c1ccccc1.[Se-]c1ccccc1.[Se-]c1ccccc1.[Se-]c1ccccc1.[Se-]c1ccccc1.[Se-]c1ccccc1.[Se-]c1ccccc1.[Se-]c1ccccc1.[Se-]c1ccccc1.[Se-]c1ccccc1. The first-order valence-electron chi connectivity index (χ1n) is 44.1. The molecule has 138 heavy (non-hydrogen) atoms. The molecule has 712 valence electrons. The van der Waals surface area contributed by atoms with Crippen molar-refractivity contribution in [2.24, 2.45) is 0 Å². The third kappa shape index (κ3) is 152. The fourth-order valence-electron chi connectivity index (χ4n) is 10.8. The zero-order valence-corrected chi connectivity index (χ0v) is 157. The molecule has 0 saturated heterocycles. The average Bonchev–Trinajstić information content (AvgIpc) is 1.01. The maximum atomic E-state index is 2.90. The predicted octanol–water partition coefficient (Wildman–Crippen LogP) is 17.9. The minimum absolute atomic E-state index is 0. The summed E-state index contributed by atoms with van der Waals surface area (Å²) in [6.45, 7) is 27.8. The van der Waals surface area contributed by atoms with Gasteiger partial charge in [0.25, 0.3) is 0 Å². The Kier molecular flexibility index (Phi) is 213. The van der Waals surface area contributed by atoms with Gasteiger partial charge in [0.1, 0.15) is 0 Å². The molecular formula is C108H148Cd10P4Se16+4. The van der Waals surface area contributed by atoms with Crippen LogP contribution in [0.4, 0.5) is 0 Å². The fraction of sp³-hybridized carbons (Fsp3) is 0.333. The molecule has 0 fully saturated rings. The minimum atomic E-state index is 0. The maximum absolute atomic E-state index is 2.90. The molecule has 0 bridgehead atoms. The third-order valence-corrected chi connectivity index (χ3v) is 37.5. The van der Waals surface area contributed by atoms with Gasteiger partial charge in [-0.25, -0.2) is 0 Å². The average molecular weight is 3960 g/mol. The molecule has 0 amide bonds. The fourth-order valence-corrected chi connectivity index (χ4v) is 26.2. The van der Waals surface area contributed by atoms with Crippen LogP contribution in [0.15, 0.2) is 364 Å². The summed E-state index contributed by atoms with van der Waals surface area (Å²) in [5.41, 5.74) is 0. The van der Waals surface area contributed by atoms with Crippen molar-refractivity contribution in [3.8, 4) is 0 Å². The van der Waals surface area contributed by atoms with Crippen molar-refractivity contribution in [1.82, 2.24) is 0 Å². The van der Waals surface area contributed by atoms with E-state index < -0.39 is 0 Å². The molecule has 0 aliphatic rings. The summed E-state index contributed by atoms with van der Waals surface area (Å²) in [5, 5.41) is 0. The first-order valence-corrected chi connectivity index (χ1v) is 62.9. The van der Waals surface area contributed by atoms with E-state index in [1.165, 1.54) is 131 Å². The van der Waals surface area contributed by atoms with Crippen LogP contribution in [0.5, 0.6) is 0 Å². The van der Waals surface area contributed by atoms with Crippen LogP contribution in [0.2, 0.25) is 0 Å². The second-order valence-electron chi connectivity index (χ2n) is 27.8. The Morgan fingerprint density at radius 1 is 0.116 bits per heavy atom. The van der Waals surface area contributed by atoms with Gasteiger partial charge in [-0.2, -0.15) is 0 Å². The van der Waals surface area contributed by atoms with Crippen molar-refractivity contribution < 1.29 is 273 Å². The molecule has 0 heterocycles. The van der Waals surface area contributed by atoms with E-state index in [0.29, 0.717) is 0 Å². The molecule has 0 atom stereocenters. The van der Waals surface area contributed by atoms with Crippen molar-refractivity contribution in [2.45, 2.75) is 160 Å². The normalized spacial score (nSPS) is 8.35. The van der Waals surface area contributed by atoms with Gasteiger partial charge in [0.05, 0.1) is 73.9 Å². The summed E-state index contributed by atoms with van der Waals surface area (Å²) in [4.78, 5) is 0. The topological polar surface area (TPSA) is 0 Å². The number of hydrogen-bond donors (Lipinski definition) is 0. The van der Waals surface area contributed by atoms with Crippen LogP contribution in [0.25, 0.3) is 0 Å². The Bertz CT molecular complexity index is 3060. The zero-order chi connectivity index (χ0) is 92.6. The van der Waals surface area contributed by atoms with Crippen LogP contribution in [-0.2, 0) is 273 Å². The molecule has 12 aromatic rings. The van der Waals surface area contributed by atoms with Gasteiger partial charge in [0.15, 0.2) is 0 Å². The molecule has 0 nitrogen and oxygen atoms in total. The Morgan fingerprint density at radius 2 is 0.167 bits per heavy atom. The summed E-state index contributed by atoms with van der Waals surface area (Å²) in [7, 11) is 0.410. The quantitative estimate of drug-likeness (QED) is 0.0418. The molecule has 0 aromatic heterocycles. The Labute approximate surface area is 1190 Å². The van der Waals surface area contributed by atoms with Crippen molar-refractivity contribution in [3.05, 3.63) is 364 Å². The first-order chi connectivity index (χ1) is 60.1. The molecule has 0 N–H and O–H groups in total. The van der Waals surface area contributed by atoms with Crippen molar-refractivity contribution >= 4 is 346 Å². The van der Waals surface area contributed by atoms with E-state index in [9.17, 15) is 0 Å². The van der Waals surface area contributed by atoms with Crippen molar-refractivity contribution in [3.63, 3.8) is 0 Å². The summed E-state index contributed by atoms with van der Waals surface area (Å²) in [6.07, 6.45) is 35.5. The molecule has 0 radical (unpaired) electrons. The molecular weight excluding hydrogens is 3810 g/mol. The predicted molar refractivity (Wildman–Crippen MR) is 620 cm³/mol. The van der Waals surface area contributed by atoms with E-state index in [1.54, 1.807) is 73.9 Å². The van der Waals surface area contributed by atoms with Gasteiger partial charge >= 0.3 is 883 Å². The standard InChI is InChI=1S/4C9H21P.12C6H6Se.10Cd.4Se/c4*1-4-7-10(8-5-2)9-6-3;12*7-6-4-2-1-3-5-6;;;;;;;;;;;;;;/h4*4-9H2,1-3H3;12*1-5,7H;;;;;;;;;;;;;;/q;;;;;;;;;;;;;;;;10*+2;4*-2/p-8. The number of hydrogen-bond acceptors (Lipinski definition) is 0. The van der Waals surface area contributed by atoms with Gasteiger partial charge < -0.3 is 68.3 Å². The molecule has 0 aliphatic carbocycles. The first kappa shape index (κ1) is 189. The second kappa shape index (κ2) is 155. The molecule has 0 unspecified atom stereocenters. The van der Waals surface area contributed by atoms with E-state index >= 15 is 0 Å². The Balaban J connectivity index is -0.0000000692. The van der Waals surface area contributed by atoms with Crippen LogP contribution in [0.1, 0.15) is 160 Å². The number of benzene rings is 12. The molecule has 30 heteroatoms. The van der Waals surface area contributed by atoms with E-state index in [-0.39, 0.29) is 373 Å². The van der Waals surface area contributed by atoms with Crippen LogP contribution < -0.4 is 53.5 Å². The van der Waals surface area contributed by atoms with E-state index in [1.807, 2.05) is 364 Å². The van der Waals surface area contributed by atoms with Gasteiger partial charge in [-0.3, -0.25) is 0 Å². The number of rotatable bonds is 24. The van der Waals surface area contributed by atoms with Gasteiger partial charge in [0.2, 0.25) is 0 Å². The van der Waals surface area contributed by atoms with Crippen molar-refractivity contribution in [2.75, 3.05) is 73.9 Å². The zero-order valence-electron chi connectivity index (χ0n) is 85.2. The monoisotopic (exact) mass is 3990 g/mol. The van der Waals surface area contributed by atoms with Crippen LogP contribution >= 0.6 is 31.7 Å². The van der Waals surface area contributed by atoms with Gasteiger partial charge in [-0.15, -0.1) is 0 Å². The third-order valence-electron chi connectivity index (χ3n) is 16.2. The Hall–Kier alpha value is 9.89. The van der Waals surface area contributed by atoms with E-state index in [4.69, 9.17) is 0 Å². The molecule has 12 aromatic carbocycles. The second-order valence-corrected chi connectivity index (χ2v) is 51.6. The van der Waals surface area contributed by atoms with E-state index in [2.05, 4.69) is 275 Å². The van der Waals surface area contributed by atoms with Gasteiger partial charge in [-0.1, -0.05) is 83.1 Å².